The van der Waals surface area contributed by atoms with Crippen LogP contribution < -0.4 is 10.1 Å². The zero-order chi connectivity index (χ0) is 17.0. The Bertz CT molecular complexity index is 713. The summed E-state index contributed by atoms with van der Waals surface area (Å²) in [7, 11) is 0. The molecule has 1 N–H and O–H groups in total. The van der Waals surface area contributed by atoms with Crippen LogP contribution in [0, 0.1) is 10.1 Å². The maximum absolute atomic E-state index is 12.0. The average molecular weight is 346 g/mol. The highest BCUT2D eigenvalue weighted by atomic mass is 32.1. The second-order valence-electron chi connectivity index (χ2n) is 4.28. The normalized spacial score (nSPS) is 11.1. The van der Waals surface area contributed by atoms with Gasteiger partial charge in [0.2, 0.25) is 0 Å². The van der Waals surface area contributed by atoms with Crippen molar-refractivity contribution < 1.29 is 27.6 Å². The minimum Gasteiger partial charge on any atom is -0.484 e. The number of nitrogens with one attached hydrogen (secondary N) is 1. The first-order valence-electron chi connectivity index (χ1n) is 6.10. The third-order valence-corrected chi connectivity index (χ3v) is 3.55. The van der Waals surface area contributed by atoms with Crippen molar-refractivity contribution in [1.29, 1.82) is 0 Å². The van der Waals surface area contributed by atoms with Crippen LogP contribution in [0.3, 0.4) is 0 Å². The van der Waals surface area contributed by atoms with Crippen molar-refractivity contribution in [2.75, 3.05) is 11.9 Å². The van der Waals surface area contributed by atoms with Gasteiger partial charge in [0.15, 0.2) is 6.61 Å². The molecular formula is C13H9F3N2O4S. The fourth-order valence-electron chi connectivity index (χ4n) is 1.54. The van der Waals surface area contributed by atoms with Crippen LogP contribution in [-0.4, -0.2) is 23.6 Å². The van der Waals surface area contributed by atoms with Crippen molar-refractivity contribution in [2.24, 2.45) is 0 Å². The van der Waals surface area contributed by atoms with Crippen LogP contribution in [0.4, 0.5) is 23.9 Å². The molecule has 0 bridgehead atoms. The molecule has 0 atom stereocenters. The minimum absolute atomic E-state index is 0.00656. The highest BCUT2D eigenvalue weighted by Gasteiger charge is 2.28. The molecular weight excluding hydrogens is 337 g/mol. The number of carbonyl (C=O) groups excluding carboxylic acids is 1. The first kappa shape index (κ1) is 16.7. The lowest BCUT2D eigenvalue weighted by atomic mass is 10.3. The summed E-state index contributed by atoms with van der Waals surface area (Å²) in [6.07, 6.45) is -4.43. The highest BCUT2D eigenvalue weighted by Crippen LogP contribution is 2.25. The average Bonchev–Trinajstić information content (AvgIpc) is 2.96. The maximum atomic E-state index is 12.0. The number of nitro groups is 1. The van der Waals surface area contributed by atoms with Crippen molar-refractivity contribution in [3.05, 3.63) is 51.4 Å². The van der Waals surface area contributed by atoms with E-state index >= 15 is 0 Å². The van der Waals surface area contributed by atoms with Gasteiger partial charge in [-0.15, -0.1) is 0 Å². The van der Waals surface area contributed by atoms with Crippen molar-refractivity contribution >= 4 is 27.9 Å². The van der Waals surface area contributed by atoms with Gasteiger partial charge in [0, 0.05) is 11.8 Å². The monoisotopic (exact) mass is 346 g/mol. The van der Waals surface area contributed by atoms with Gasteiger partial charge in [0.1, 0.15) is 5.75 Å². The number of nitrogens with zero attached hydrogens (tertiary/aromatic N) is 1. The highest BCUT2D eigenvalue weighted by molar-refractivity contribution is 7.17. The molecule has 0 aliphatic carbocycles. The van der Waals surface area contributed by atoms with Gasteiger partial charge in [-0.2, -0.15) is 13.2 Å². The molecule has 2 rings (SSSR count). The number of amides is 1. The summed E-state index contributed by atoms with van der Waals surface area (Å²) in [4.78, 5) is 22.0. The molecule has 0 radical (unpaired) electrons. The first-order chi connectivity index (χ1) is 10.7. The van der Waals surface area contributed by atoms with Gasteiger partial charge in [-0.1, -0.05) is 11.3 Å². The van der Waals surface area contributed by atoms with E-state index in [4.69, 9.17) is 0 Å². The number of halogens is 3. The molecule has 122 valence electrons. The van der Waals surface area contributed by atoms with Gasteiger partial charge in [-0.25, -0.2) is 0 Å². The summed E-state index contributed by atoms with van der Waals surface area (Å²) in [5, 5.41) is 12.9. The third-order valence-electron chi connectivity index (χ3n) is 2.51. The number of ether oxygens (including phenoxy) is 1. The molecule has 0 unspecified atom stereocenters. The summed E-state index contributed by atoms with van der Waals surface area (Å²) >= 11 is 0.722. The summed E-state index contributed by atoms with van der Waals surface area (Å²) in [5.74, 6) is -0.542. The smallest absolute Gasteiger partial charge is 0.422 e. The number of anilines is 1. The lowest BCUT2D eigenvalue weighted by Gasteiger charge is -2.09. The van der Waals surface area contributed by atoms with Crippen LogP contribution in [0.1, 0.15) is 9.67 Å². The third kappa shape index (κ3) is 4.95. The molecule has 0 aliphatic heterocycles. The van der Waals surface area contributed by atoms with E-state index in [9.17, 15) is 28.1 Å². The fourth-order valence-corrected chi connectivity index (χ4v) is 2.26. The van der Waals surface area contributed by atoms with Crippen LogP contribution >= 0.6 is 11.3 Å². The minimum atomic E-state index is -4.43. The largest absolute Gasteiger partial charge is 0.484 e. The molecule has 1 amide bonds. The Morgan fingerprint density at radius 2 is 1.87 bits per heavy atom. The van der Waals surface area contributed by atoms with Gasteiger partial charge >= 0.3 is 11.2 Å². The zero-order valence-corrected chi connectivity index (χ0v) is 12.1. The van der Waals surface area contributed by atoms with E-state index in [1.165, 1.54) is 36.4 Å². The molecule has 0 fully saturated rings. The molecule has 6 nitrogen and oxygen atoms in total. The SMILES string of the molecule is O=C(Nc1ccc(OCC(F)(F)F)cc1)c1ccc([N+](=O)[O-])s1. The molecule has 10 heteroatoms. The molecule has 1 heterocycles. The number of rotatable bonds is 5. The van der Waals surface area contributed by atoms with Crippen molar-refractivity contribution in [3.8, 4) is 5.75 Å². The number of alkyl halides is 3. The van der Waals surface area contributed by atoms with Gasteiger partial charge in [0.25, 0.3) is 5.91 Å². The number of benzene rings is 1. The topological polar surface area (TPSA) is 81.5 Å². The Hall–Kier alpha value is -2.62. The molecule has 0 saturated heterocycles. The van der Waals surface area contributed by atoms with Gasteiger partial charge in [-0.3, -0.25) is 14.9 Å². The Balaban J connectivity index is 1.97. The Morgan fingerprint density at radius 1 is 1.22 bits per heavy atom. The molecule has 0 aliphatic rings. The number of carbonyl (C=O) groups is 1. The predicted octanol–water partition coefficient (Wildman–Crippen LogP) is 3.85. The van der Waals surface area contributed by atoms with Crippen molar-refractivity contribution in [1.82, 2.24) is 0 Å². The quantitative estimate of drug-likeness (QED) is 0.658. The van der Waals surface area contributed by atoms with Gasteiger partial charge in [0.05, 0.1) is 9.80 Å². The number of thiophene rings is 1. The predicted molar refractivity (Wildman–Crippen MR) is 76.9 cm³/mol. The van der Waals surface area contributed by atoms with E-state index < -0.39 is 23.6 Å². The van der Waals surface area contributed by atoms with Crippen LogP contribution in [0.5, 0.6) is 5.75 Å². The van der Waals surface area contributed by atoms with E-state index in [2.05, 4.69) is 10.1 Å². The van der Waals surface area contributed by atoms with E-state index in [0.29, 0.717) is 5.69 Å². The van der Waals surface area contributed by atoms with E-state index in [1.807, 2.05) is 0 Å². The van der Waals surface area contributed by atoms with Gasteiger partial charge in [-0.05, 0) is 30.3 Å². The Kier molecular flexibility index (Phi) is 4.84. The van der Waals surface area contributed by atoms with E-state index in [1.54, 1.807) is 0 Å². The van der Waals surface area contributed by atoms with Gasteiger partial charge < -0.3 is 10.1 Å². The molecule has 2 aromatic rings. The maximum Gasteiger partial charge on any atom is 0.422 e. The van der Waals surface area contributed by atoms with Crippen LogP contribution in [-0.2, 0) is 0 Å². The molecule has 0 spiro atoms. The van der Waals surface area contributed by atoms with E-state index in [0.717, 1.165) is 11.3 Å². The molecule has 0 saturated carbocycles. The summed E-state index contributed by atoms with van der Waals surface area (Å²) in [6.45, 7) is -1.41. The molecule has 1 aromatic heterocycles. The standard InChI is InChI=1S/C13H9F3N2O4S/c14-13(15,16)7-22-9-3-1-8(2-4-9)17-12(19)10-5-6-11(23-10)18(20)21/h1-6H,7H2,(H,17,19). The zero-order valence-electron chi connectivity index (χ0n) is 11.3. The number of hydrogen-bond acceptors (Lipinski definition) is 5. The van der Waals surface area contributed by atoms with Crippen LogP contribution in [0.15, 0.2) is 36.4 Å². The Morgan fingerprint density at radius 3 is 2.39 bits per heavy atom. The molecule has 23 heavy (non-hydrogen) atoms. The lowest BCUT2D eigenvalue weighted by Crippen LogP contribution is -2.19. The van der Waals surface area contributed by atoms with Crippen LogP contribution in [0.2, 0.25) is 0 Å². The Labute approximate surface area is 131 Å². The summed E-state index contributed by atoms with van der Waals surface area (Å²) in [6, 6.07) is 7.82. The van der Waals surface area contributed by atoms with E-state index in [-0.39, 0.29) is 15.6 Å². The summed E-state index contributed by atoms with van der Waals surface area (Å²) < 4.78 is 40.6. The van der Waals surface area contributed by atoms with Crippen molar-refractivity contribution in [2.45, 2.75) is 6.18 Å². The second-order valence-corrected chi connectivity index (χ2v) is 5.34. The van der Waals surface area contributed by atoms with Crippen molar-refractivity contribution in [3.63, 3.8) is 0 Å². The molecule has 1 aromatic carbocycles. The van der Waals surface area contributed by atoms with Crippen LogP contribution in [0.25, 0.3) is 0 Å². The first-order valence-corrected chi connectivity index (χ1v) is 6.91. The second kappa shape index (κ2) is 6.65. The lowest BCUT2D eigenvalue weighted by molar-refractivity contribution is -0.380. The summed E-state index contributed by atoms with van der Waals surface area (Å²) in [5.41, 5.74) is 0.324. The fraction of sp³-hybridized carbons (Fsp3) is 0.154. The number of hydrogen-bond donors (Lipinski definition) is 1.